The quantitative estimate of drug-likeness (QED) is 0.241. The zero-order valence-corrected chi connectivity index (χ0v) is 20.0. The van der Waals surface area contributed by atoms with Crippen molar-refractivity contribution in [3.8, 4) is 5.75 Å². The van der Waals surface area contributed by atoms with Gasteiger partial charge in [0.1, 0.15) is 12.4 Å². The third-order valence-corrected chi connectivity index (χ3v) is 6.16. The Kier molecular flexibility index (Phi) is 6.35. The van der Waals surface area contributed by atoms with E-state index in [4.69, 9.17) is 4.74 Å². The minimum atomic E-state index is 0.495. The highest BCUT2D eigenvalue weighted by molar-refractivity contribution is 9.11. The Morgan fingerprint density at radius 3 is 2.37 bits per heavy atom. The third-order valence-electron chi connectivity index (χ3n) is 4.98. The summed E-state index contributed by atoms with van der Waals surface area (Å²) in [6.07, 6.45) is 1.88. The molecule has 0 bridgehead atoms. The van der Waals surface area contributed by atoms with E-state index in [1.807, 2.05) is 24.4 Å². The lowest BCUT2D eigenvalue weighted by Crippen LogP contribution is -1.98. The molecule has 30 heavy (non-hydrogen) atoms. The van der Waals surface area contributed by atoms with Gasteiger partial charge in [0.15, 0.2) is 0 Å². The smallest absolute Gasteiger partial charge is 0.148 e. The highest BCUT2D eigenvalue weighted by Crippen LogP contribution is 2.35. The molecule has 0 heterocycles. The standard InChI is InChI=1S/C26H21Br2NO/c1-17-10-11-25(18(2)12-17)29-15-19-13-23(27)26(24(28)14-19)30-16-21-8-5-7-20-6-3-4-9-22(20)21/h3-15H,16H2,1-2H3. The topological polar surface area (TPSA) is 21.6 Å². The molecule has 0 fully saturated rings. The Morgan fingerprint density at radius 2 is 1.60 bits per heavy atom. The van der Waals surface area contributed by atoms with Crippen LogP contribution in [-0.2, 0) is 6.61 Å². The molecule has 150 valence electrons. The summed E-state index contributed by atoms with van der Waals surface area (Å²) in [6, 6.07) is 25.0. The number of halogens is 2. The van der Waals surface area contributed by atoms with Gasteiger partial charge in [-0.15, -0.1) is 0 Å². The van der Waals surface area contributed by atoms with E-state index in [0.717, 1.165) is 31.5 Å². The fourth-order valence-electron chi connectivity index (χ4n) is 3.45. The lowest BCUT2D eigenvalue weighted by Gasteiger charge is -2.13. The number of aliphatic imine (C=N–C) groups is 1. The van der Waals surface area contributed by atoms with Crippen molar-refractivity contribution >= 4 is 54.5 Å². The normalized spacial score (nSPS) is 11.3. The van der Waals surface area contributed by atoms with Crippen molar-refractivity contribution in [2.24, 2.45) is 4.99 Å². The van der Waals surface area contributed by atoms with Crippen molar-refractivity contribution in [1.29, 1.82) is 0 Å². The first-order chi connectivity index (χ1) is 14.5. The number of aryl methyl sites for hydroxylation is 2. The van der Waals surface area contributed by atoms with Crippen LogP contribution in [0.15, 0.2) is 86.7 Å². The van der Waals surface area contributed by atoms with Crippen molar-refractivity contribution in [2.75, 3.05) is 0 Å². The van der Waals surface area contributed by atoms with Crippen molar-refractivity contribution in [3.63, 3.8) is 0 Å². The molecular weight excluding hydrogens is 502 g/mol. The lowest BCUT2D eigenvalue weighted by atomic mass is 10.1. The van der Waals surface area contributed by atoms with Gasteiger partial charge >= 0.3 is 0 Å². The number of nitrogens with zero attached hydrogens (tertiary/aromatic N) is 1. The number of benzene rings is 4. The molecule has 4 aromatic rings. The van der Waals surface area contributed by atoms with Crippen LogP contribution in [0.4, 0.5) is 5.69 Å². The summed E-state index contributed by atoms with van der Waals surface area (Å²) in [7, 11) is 0. The van der Waals surface area contributed by atoms with Crippen molar-refractivity contribution in [1.82, 2.24) is 0 Å². The van der Waals surface area contributed by atoms with E-state index in [1.165, 1.54) is 21.9 Å². The molecular formula is C26H21Br2NO. The average Bonchev–Trinajstić information content (AvgIpc) is 2.72. The molecule has 0 N–H and O–H groups in total. The van der Waals surface area contributed by atoms with E-state index >= 15 is 0 Å². The minimum absolute atomic E-state index is 0.495. The Bertz CT molecular complexity index is 1220. The van der Waals surface area contributed by atoms with E-state index in [0.29, 0.717) is 6.61 Å². The Balaban J connectivity index is 1.55. The van der Waals surface area contributed by atoms with Gasteiger partial charge in [0.05, 0.1) is 14.6 Å². The van der Waals surface area contributed by atoms with E-state index in [2.05, 4.69) is 105 Å². The molecule has 0 atom stereocenters. The fraction of sp³-hybridized carbons (Fsp3) is 0.115. The Morgan fingerprint density at radius 1 is 0.867 bits per heavy atom. The fourth-order valence-corrected chi connectivity index (χ4v) is 4.91. The van der Waals surface area contributed by atoms with Gasteiger partial charge in [-0.25, -0.2) is 0 Å². The van der Waals surface area contributed by atoms with Crippen LogP contribution in [0.1, 0.15) is 22.3 Å². The highest BCUT2D eigenvalue weighted by Gasteiger charge is 2.10. The van der Waals surface area contributed by atoms with E-state index < -0.39 is 0 Å². The molecule has 4 rings (SSSR count). The maximum Gasteiger partial charge on any atom is 0.148 e. The summed E-state index contributed by atoms with van der Waals surface area (Å²) in [6.45, 7) is 4.66. The van der Waals surface area contributed by atoms with Crippen LogP contribution in [0, 0.1) is 13.8 Å². The molecule has 0 aliphatic heterocycles. The van der Waals surface area contributed by atoms with Crippen LogP contribution in [-0.4, -0.2) is 6.21 Å². The van der Waals surface area contributed by atoms with Crippen LogP contribution in [0.2, 0.25) is 0 Å². The molecule has 0 saturated heterocycles. The molecule has 0 radical (unpaired) electrons. The lowest BCUT2D eigenvalue weighted by molar-refractivity contribution is 0.303. The molecule has 0 aliphatic carbocycles. The van der Waals surface area contributed by atoms with Gasteiger partial charge in [0, 0.05) is 6.21 Å². The summed E-state index contributed by atoms with van der Waals surface area (Å²) in [5.74, 6) is 0.784. The van der Waals surface area contributed by atoms with Gasteiger partial charge in [-0.05, 0) is 91.4 Å². The average molecular weight is 523 g/mol. The molecule has 0 aromatic heterocycles. The first-order valence-electron chi connectivity index (χ1n) is 9.71. The van der Waals surface area contributed by atoms with Crippen LogP contribution in [0.25, 0.3) is 10.8 Å². The zero-order chi connectivity index (χ0) is 21.1. The summed E-state index contributed by atoms with van der Waals surface area (Å²) in [5.41, 5.74) is 5.53. The summed E-state index contributed by atoms with van der Waals surface area (Å²) in [5, 5.41) is 2.43. The third kappa shape index (κ3) is 4.66. The molecule has 0 unspecified atom stereocenters. The van der Waals surface area contributed by atoms with Gasteiger partial charge in [0.2, 0.25) is 0 Å². The first kappa shape index (κ1) is 20.8. The largest absolute Gasteiger partial charge is 0.487 e. The van der Waals surface area contributed by atoms with Gasteiger partial charge in [-0.1, -0.05) is 60.2 Å². The number of rotatable bonds is 5. The van der Waals surface area contributed by atoms with Gasteiger partial charge in [0.25, 0.3) is 0 Å². The summed E-state index contributed by atoms with van der Waals surface area (Å²) in [4.78, 5) is 4.65. The molecule has 0 aliphatic rings. The van der Waals surface area contributed by atoms with Crippen LogP contribution < -0.4 is 4.74 Å². The monoisotopic (exact) mass is 521 g/mol. The van der Waals surface area contributed by atoms with Crippen molar-refractivity contribution in [2.45, 2.75) is 20.5 Å². The maximum absolute atomic E-state index is 6.17. The molecule has 0 saturated carbocycles. The van der Waals surface area contributed by atoms with E-state index in [9.17, 15) is 0 Å². The predicted molar refractivity (Wildman–Crippen MR) is 133 cm³/mol. The maximum atomic E-state index is 6.17. The first-order valence-corrected chi connectivity index (χ1v) is 11.3. The van der Waals surface area contributed by atoms with Gasteiger partial charge in [-0.3, -0.25) is 4.99 Å². The van der Waals surface area contributed by atoms with Gasteiger partial charge < -0.3 is 4.74 Å². The van der Waals surface area contributed by atoms with Crippen LogP contribution >= 0.6 is 31.9 Å². The number of fused-ring (bicyclic) bond motifs is 1. The van der Waals surface area contributed by atoms with Gasteiger partial charge in [-0.2, -0.15) is 0 Å². The zero-order valence-electron chi connectivity index (χ0n) is 16.8. The van der Waals surface area contributed by atoms with Crippen LogP contribution in [0.5, 0.6) is 5.75 Å². The predicted octanol–water partition coefficient (Wildman–Crippen LogP) is 8.31. The second-order valence-electron chi connectivity index (χ2n) is 7.29. The summed E-state index contributed by atoms with van der Waals surface area (Å²) < 4.78 is 7.95. The second-order valence-corrected chi connectivity index (χ2v) is 9.00. The molecule has 0 amide bonds. The van der Waals surface area contributed by atoms with E-state index in [-0.39, 0.29) is 0 Å². The SMILES string of the molecule is Cc1ccc(N=Cc2cc(Br)c(OCc3cccc4ccccc34)c(Br)c2)c(C)c1. The molecule has 2 nitrogen and oxygen atoms in total. The Hall–Kier alpha value is -2.43. The Labute approximate surface area is 193 Å². The van der Waals surface area contributed by atoms with Crippen molar-refractivity contribution in [3.05, 3.63) is 104 Å². The van der Waals surface area contributed by atoms with Crippen LogP contribution in [0.3, 0.4) is 0 Å². The molecule has 4 heteroatoms. The van der Waals surface area contributed by atoms with E-state index in [1.54, 1.807) is 0 Å². The summed E-state index contributed by atoms with van der Waals surface area (Å²) >= 11 is 7.31. The highest BCUT2D eigenvalue weighted by atomic mass is 79.9. The minimum Gasteiger partial charge on any atom is -0.487 e. The number of hydrogen-bond donors (Lipinski definition) is 0. The molecule has 0 spiro atoms. The second kappa shape index (κ2) is 9.15. The van der Waals surface area contributed by atoms with Crippen molar-refractivity contribution < 1.29 is 4.74 Å². The number of ether oxygens (including phenoxy) is 1. The number of hydrogen-bond acceptors (Lipinski definition) is 2. The molecule has 4 aromatic carbocycles.